The number of carbonyl (C=O) groups is 1. The number of benzene rings is 1. The Morgan fingerprint density at radius 2 is 2.11 bits per heavy atom. The molecule has 4 heteroatoms. The van der Waals surface area contributed by atoms with E-state index in [9.17, 15) is 4.79 Å². The Kier molecular flexibility index (Phi) is 4.73. The van der Waals surface area contributed by atoms with Crippen molar-refractivity contribution in [3.8, 4) is 5.75 Å². The van der Waals surface area contributed by atoms with E-state index < -0.39 is 5.54 Å². The number of hydrogen-bond acceptors (Lipinski definition) is 3. The van der Waals surface area contributed by atoms with Gasteiger partial charge in [-0.05, 0) is 38.0 Å². The summed E-state index contributed by atoms with van der Waals surface area (Å²) in [5, 5.41) is 0. The topological polar surface area (TPSA) is 55.6 Å². The zero-order valence-corrected chi connectivity index (χ0v) is 11.6. The summed E-state index contributed by atoms with van der Waals surface area (Å²) in [4.78, 5) is 13.6. The van der Waals surface area contributed by atoms with Gasteiger partial charge in [0, 0.05) is 13.6 Å². The largest absolute Gasteiger partial charge is 0.497 e. The lowest BCUT2D eigenvalue weighted by atomic mass is 10.1. The molecule has 0 atom stereocenters. The van der Waals surface area contributed by atoms with E-state index in [1.54, 1.807) is 32.9 Å². The van der Waals surface area contributed by atoms with Crippen molar-refractivity contribution in [3.63, 3.8) is 0 Å². The fraction of sp³-hybridized carbons (Fsp3) is 0.500. The number of nitrogens with zero attached hydrogens (tertiary/aromatic N) is 1. The molecule has 1 aromatic rings. The molecule has 0 saturated heterocycles. The molecule has 0 fully saturated rings. The Bertz CT molecular complexity index is 411. The van der Waals surface area contributed by atoms with E-state index in [2.05, 4.69) is 0 Å². The van der Waals surface area contributed by atoms with Crippen LogP contribution in [0.5, 0.6) is 5.75 Å². The summed E-state index contributed by atoms with van der Waals surface area (Å²) >= 11 is 0. The van der Waals surface area contributed by atoms with Crippen LogP contribution in [0.3, 0.4) is 0 Å². The van der Waals surface area contributed by atoms with Crippen molar-refractivity contribution in [1.29, 1.82) is 0 Å². The van der Waals surface area contributed by atoms with Gasteiger partial charge in [-0.25, -0.2) is 0 Å². The average molecular weight is 250 g/mol. The minimum Gasteiger partial charge on any atom is -0.497 e. The maximum Gasteiger partial charge on any atom is 0.241 e. The summed E-state index contributed by atoms with van der Waals surface area (Å²) in [7, 11) is 3.42. The minimum absolute atomic E-state index is 0.0506. The lowest BCUT2D eigenvalue weighted by Gasteiger charge is -2.25. The lowest BCUT2D eigenvalue weighted by molar-refractivity contribution is -0.134. The van der Waals surface area contributed by atoms with Crippen molar-refractivity contribution >= 4 is 5.91 Å². The van der Waals surface area contributed by atoms with Crippen LogP contribution in [0.25, 0.3) is 0 Å². The molecule has 1 rings (SSSR count). The zero-order chi connectivity index (χ0) is 13.8. The van der Waals surface area contributed by atoms with Crippen LogP contribution in [0.1, 0.15) is 19.4 Å². The molecule has 0 unspecified atom stereocenters. The molecule has 2 N–H and O–H groups in total. The van der Waals surface area contributed by atoms with E-state index >= 15 is 0 Å². The van der Waals surface area contributed by atoms with Gasteiger partial charge in [0.05, 0.1) is 12.6 Å². The maximum absolute atomic E-state index is 11.9. The van der Waals surface area contributed by atoms with E-state index in [0.717, 1.165) is 17.7 Å². The van der Waals surface area contributed by atoms with Crippen molar-refractivity contribution < 1.29 is 9.53 Å². The van der Waals surface area contributed by atoms with Crippen LogP contribution in [-0.4, -0.2) is 37.0 Å². The third-order valence-corrected chi connectivity index (χ3v) is 2.77. The summed E-state index contributed by atoms with van der Waals surface area (Å²) in [5.41, 5.74) is 6.11. The van der Waals surface area contributed by atoms with E-state index in [0.29, 0.717) is 6.54 Å². The van der Waals surface area contributed by atoms with E-state index in [1.165, 1.54) is 0 Å². The summed E-state index contributed by atoms with van der Waals surface area (Å²) in [5.74, 6) is 0.783. The van der Waals surface area contributed by atoms with Crippen LogP contribution in [0.2, 0.25) is 0 Å². The van der Waals surface area contributed by atoms with Gasteiger partial charge in [0.1, 0.15) is 5.75 Å². The Labute approximate surface area is 109 Å². The Morgan fingerprint density at radius 1 is 1.44 bits per heavy atom. The molecule has 1 amide bonds. The van der Waals surface area contributed by atoms with E-state index in [-0.39, 0.29) is 5.91 Å². The quantitative estimate of drug-likeness (QED) is 0.860. The molecule has 4 nitrogen and oxygen atoms in total. The number of methoxy groups -OCH3 is 1. The van der Waals surface area contributed by atoms with Gasteiger partial charge in [0.25, 0.3) is 0 Å². The molecule has 0 aliphatic carbocycles. The third-order valence-electron chi connectivity index (χ3n) is 2.77. The number of rotatable bonds is 5. The molecule has 0 aliphatic rings. The highest BCUT2D eigenvalue weighted by molar-refractivity contribution is 5.84. The van der Waals surface area contributed by atoms with E-state index in [4.69, 9.17) is 10.5 Å². The standard InChI is InChI=1S/C14H22N2O2/c1-14(2,15)13(17)16(3)9-8-11-6-5-7-12(10-11)18-4/h5-7,10H,8-9,15H2,1-4H3. The number of amides is 1. The number of nitrogens with two attached hydrogens (primary N) is 1. The Hall–Kier alpha value is -1.55. The fourth-order valence-electron chi connectivity index (χ4n) is 1.72. The predicted octanol–water partition coefficient (Wildman–Crippen LogP) is 1.43. The van der Waals surface area contributed by atoms with Crippen molar-refractivity contribution in [2.45, 2.75) is 25.8 Å². The summed E-state index contributed by atoms with van der Waals surface area (Å²) < 4.78 is 5.16. The SMILES string of the molecule is COc1cccc(CCN(C)C(=O)C(C)(C)N)c1. The number of ether oxygens (including phenoxy) is 1. The second-order valence-electron chi connectivity index (χ2n) is 5.05. The molecule has 0 aromatic heterocycles. The molecule has 0 aliphatic heterocycles. The minimum atomic E-state index is -0.816. The molecule has 0 bridgehead atoms. The van der Waals surface area contributed by atoms with Crippen LogP contribution in [0.15, 0.2) is 24.3 Å². The summed E-state index contributed by atoms with van der Waals surface area (Å²) in [6, 6.07) is 7.85. The summed E-state index contributed by atoms with van der Waals surface area (Å²) in [6.07, 6.45) is 0.787. The maximum atomic E-state index is 11.9. The van der Waals surface area contributed by atoms with Crippen molar-refractivity contribution in [1.82, 2.24) is 4.90 Å². The average Bonchev–Trinajstić information content (AvgIpc) is 2.34. The Balaban J connectivity index is 2.57. The van der Waals surface area contributed by atoms with Gasteiger partial charge in [-0.2, -0.15) is 0 Å². The highest BCUT2D eigenvalue weighted by Crippen LogP contribution is 2.13. The zero-order valence-electron chi connectivity index (χ0n) is 11.6. The lowest BCUT2D eigenvalue weighted by Crippen LogP contribution is -2.50. The van der Waals surface area contributed by atoms with Crippen LogP contribution in [0, 0.1) is 0 Å². The van der Waals surface area contributed by atoms with E-state index in [1.807, 2.05) is 24.3 Å². The highest BCUT2D eigenvalue weighted by Gasteiger charge is 2.25. The second kappa shape index (κ2) is 5.87. The van der Waals surface area contributed by atoms with Crippen LogP contribution < -0.4 is 10.5 Å². The smallest absolute Gasteiger partial charge is 0.241 e. The first-order chi connectivity index (χ1) is 8.34. The van der Waals surface area contributed by atoms with Crippen LogP contribution in [0.4, 0.5) is 0 Å². The molecule has 0 saturated carbocycles. The van der Waals surface area contributed by atoms with Gasteiger partial charge in [-0.3, -0.25) is 4.79 Å². The van der Waals surface area contributed by atoms with Crippen molar-refractivity contribution in [2.24, 2.45) is 5.73 Å². The second-order valence-corrected chi connectivity index (χ2v) is 5.05. The van der Waals surface area contributed by atoms with Crippen molar-refractivity contribution in [2.75, 3.05) is 20.7 Å². The predicted molar refractivity (Wildman–Crippen MR) is 72.6 cm³/mol. The van der Waals surface area contributed by atoms with Crippen LogP contribution >= 0.6 is 0 Å². The normalized spacial score (nSPS) is 11.2. The number of carbonyl (C=O) groups excluding carboxylic acids is 1. The number of likely N-dealkylation sites (N-methyl/N-ethyl adjacent to an activating group) is 1. The molecule has 1 aromatic carbocycles. The van der Waals surface area contributed by atoms with Gasteiger partial charge in [0.15, 0.2) is 0 Å². The van der Waals surface area contributed by atoms with Gasteiger partial charge in [-0.15, -0.1) is 0 Å². The van der Waals surface area contributed by atoms with Gasteiger partial charge in [-0.1, -0.05) is 12.1 Å². The molecule has 100 valence electrons. The molecular weight excluding hydrogens is 228 g/mol. The third kappa shape index (κ3) is 4.04. The van der Waals surface area contributed by atoms with Gasteiger partial charge in [0.2, 0.25) is 5.91 Å². The molecule has 0 spiro atoms. The summed E-state index contributed by atoms with van der Waals surface area (Å²) in [6.45, 7) is 4.08. The monoisotopic (exact) mass is 250 g/mol. The first-order valence-electron chi connectivity index (χ1n) is 6.02. The van der Waals surface area contributed by atoms with Crippen LogP contribution in [-0.2, 0) is 11.2 Å². The molecular formula is C14H22N2O2. The number of hydrogen-bond donors (Lipinski definition) is 1. The molecule has 18 heavy (non-hydrogen) atoms. The highest BCUT2D eigenvalue weighted by atomic mass is 16.5. The van der Waals surface area contributed by atoms with Crippen molar-refractivity contribution in [3.05, 3.63) is 29.8 Å². The Morgan fingerprint density at radius 3 is 2.67 bits per heavy atom. The first kappa shape index (κ1) is 14.5. The van der Waals surface area contributed by atoms with Gasteiger partial charge < -0.3 is 15.4 Å². The van der Waals surface area contributed by atoms with Gasteiger partial charge >= 0.3 is 0 Å². The fourth-order valence-corrected chi connectivity index (χ4v) is 1.72. The molecule has 0 heterocycles. The first-order valence-corrected chi connectivity index (χ1v) is 6.02. The molecule has 0 radical (unpaired) electrons.